The molecule has 0 atom stereocenters. The van der Waals surface area contributed by atoms with E-state index in [9.17, 15) is 0 Å². The highest BCUT2D eigenvalue weighted by molar-refractivity contribution is 6.10. The molecule has 0 N–H and O–H groups in total. The third-order valence-corrected chi connectivity index (χ3v) is 9.42. The molecule has 5 heteroatoms. The van der Waals surface area contributed by atoms with E-state index in [1.54, 1.807) is 0 Å². The maximum absolute atomic E-state index is 6.18. The zero-order valence-electron chi connectivity index (χ0n) is 26.9. The van der Waals surface area contributed by atoms with Gasteiger partial charge in [-0.2, -0.15) is 0 Å². The Bertz CT molecular complexity index is 2780. The van der Waals surface area contributed by atoms with Gasteiger partial charge in [0.1, 0.15) is 5.52 Å². The summed E-state index contributed by atoms with van der Waals surface area (Å²) >= 11 is 0. The number of hydrogen-bond donors (Lipinski definition) is 0. The Morgan fingerprint density at radius 3 is 1.86 bits per heavy atom. The van der Waals surface area contributed by atoms with Crippen molar-refractivity contribution < 1.29 is 4.42 Å². The second kappa shape index (κ2) is 11.4. The average molecular weight is 641 g/mol. The van der Waals surface area contributed by atoms with Crippen LogP contribution < -0.4 is 0 Å². The van der Waals surface area contributed by atoms with Gasteiger partial charge in [0.05, 0.1) is 22.4 Å². The van der Waals surface area contributed by atoms with Crippen LogP contribution in [0.25, 0.3) is 94.7 Å². The number of aromatic nitrogens is 4. The lowest BCUT2D eigenvalue weighted by Gasteiger charge is -2.12. The first-order valence-corrected chi connectivity index (χ1v) is 16.7. The minimum Gasteiger partial charge on any atom is -0.436 e. The third-order valence-electron chi connectivity index (χ3n) is 9.42. The van der Waals surface area contributed by atoms with E-state index in [4.69, 9.17) is 19.4 Å². The van der Waals surface area contributed by atoms with E-state index >= 15 is 0 Å². The van der Waals surface area contributed by atoms with E-state index in [1.165, 1.54) is 10.8 Å². The van der Waals surface area contributed by atoms with Crippen LogP contribution in [-0.2, 0) is 0 Å². The Morgan fingerprint density at radius 1 is 0.420 bits per heavy atom. The summed E-state index contributed by atoms with van der Waals surface area (Å²) in [6, 6.07) is 58.7. The molecule has 0 amide bonds. The molecule has 0 aliphatic rings. The van der Waals surface area contributed by atoms with E-state index < -0.39 is 0 Å². The standard InChI is InChI=1S/C45H28N4O/c1-3-11-30(12-4-1)39-28-40(31-13-5-2-6-14-31)47-44(46-39)32-20-19-29-21-23-35(26-34(29)25-32)49-41-17-9-7-15-36(41)37-24-22-33(27-42(37)49)45-48-38-16-8-10-18-43(38)50-45/h1-28H. The number of hydrogen-bond acceptors (Lipinski definition) is 4. The van der Waals surface area contributed by atoms with Gasteiger partial charge in [0.2, 0.25) is 5.89 Å². The van der Waals surface area contributed by atoms with Crippen molar-refractivity contribution in [2.45, 2.75) is 0 Å². The molecule has 10 rings (SSSR count). The van der Waals surface area contributed by atoms with Crippen molar-refractivity contribution in [3.8, 4) is 51.0 Å². The highest BCUT2D eigenvalue weighted by atomic mass is 16.3. The lowest BCUT2D eigenvalue weighted by atomic mass is 10.0. The summed E-state index contributed by atoms with van der Waals surface area (Å²) in [4.78, 5) is 15.0. The summed E-state index contributed by atoms with van der Waals surface area (Å²) < 4.78 is 8.51. The SMILES string of the molecule is c1ccc(-c2cc(-c3ccccc3)nc(-c3ccc4ccc(-n5c6ccccc6c6ccc(-c7nc8ccccc8o7)cc65)cc4c3)n2)cc1. The summed E-state index contributed by atoms with van der Waals surface area (Å²) in [7, 11) is 0. The van der Waals surface area contributed by atoms with Gasteiger partial charge in [-0.25, -0.2) is 15.0 Å². The Hall–Kier alpha value is -6.85. The molecule has 0 bridgehead atoms. The normalized spacial score (nSPS) is 11.6. The zero-order chi connectivity index (χ0) is 33.0. The summed E-state index contributed by atoms with van der Waals surface area (Å²) in [5, 5.41) is 4.62. The van der Waals surface area contributed by atoms with Gasteiger partial charge in [-0.3, -0.25) is 0 Å². The van der Waals surface area contributed by atoms with Crippen LogP contribution >= 0.6 is 0 Å². The van der Waals surface area contributed by atoms with Crippen LogP contribution in [0.4, 0.5) is 0 Å². The molecule has 7 aromatic carbocycles. The van der Waals surface area contributed by atoms with Gasteiger partial charge in [0, 0.05) is 38.7 Å². The van der Waals surface area contributed by atoms with Crippen LogP contribution in [0, 0.1) is 0 Å². The van der Waals surface area contributed by atoms with Gasteiger partial charge in [0.25, 0.3) is 0 Å². The first-order chi connectivity index (χ1) is 24.7. The largest absolute Gasteiger partial charge is 0.436 e. The van der Waals surface area contributed by atoms with Gasteiger partial charge >= 0.3 is 0 Å². The highest BCUT2D eigenvalue weighted by Crippen LogP contribution is 2.37. The average Bonchev–Trinajstić information content (AvgIpc) is 3.77. The van der Waals surface area contributed by atoms with Crippen LogP contribution in [0.2, 0.25) is 0 Å². The van der Waals surface area contributed by atoms with Gasteiger partial charge in [-0.05, 0) is 65.4 Å². The van der Waals surface area contributed by atoms with E-state index in [0.717, 1.165) is 72.2 Å². The molecule has 5 nitrogen and oxygen atoms in total. The summed E-state index contributed by atoms with van der Waals surface area (Å²) in [6.45, 7) is 0. The lowest BCUT2D eigenvalue weighted by Crippen LogP contribution is -1.96. The lowest BCUT2D eigenvalue weighted by molar-refractivity contribution is 0.620. The second-order valence-corrected chi connectivity index (χ2v) is 12.5. The number of nitrogens with zero attached hydrogens (tertiary/aromatic N) is 4. The molecule has 0 spiro atoms. The van der Waals surface area contributed by atoms with Gasteiger partial charge in [-0.1, -0.05) is 115 Å². The van der Waals surface area contributed by atoms with Crippen LogP contribution in [0.3, 0.4) is 0 Å². The fourth-order valence-corrected chi connectivity index (χ4v) is 6.98. The first-order valence-electron chi connectivity index (χ1n) is 16.7. The number of oxazole rings is 1. The molecule has 0 aliphatic carbocycles. The maximum atomic E-state index is 6.18. The molecule has 50 heavy (non-hydrogen) atoms. The van der Waals surface area contributed by atoms with Crippen molar-refractivity contribution in [1.82, 2.24) is 19.5 Å². The number of fused-ring (bicyclic) bond motifs is 5. The molecule has 0 aliphatic heterocycles. The Kier molecular flexibility index (Phi) is 6.42. The molecular formula is C45H28N4O. The van der Waals surface area contributed by atoms with Crippen molar-refractivity contribution in [3.05, 3.63) is 170 Å². The minimum absolute atomic E-state index is 0.612. The third kappa shape index (κ3) is 4.75. The van der Waals surface area contributed by atoms with Crippen molar-refractivity contribution >= 4 is 43.7 Å². The van der Waals surface area contributed by atoms with Crippen molar-refractivity contribution in [2.75, 3.05) is 0 Å². The summed E-state index contributed by atoms with van der Waals surface area (Å²) in [5.41, 5.74) is 10.7. The Balaban J connectivity index is 1.14. The smallest absolute Gasteiger partial charge is 0.227 e. The highest BCUT2D eigenvalue weighted by Gasteiger charge is 2.17. The monoisotopic (exact) mass is 640 g/mol. The van der Waals surface area contributed by atoms with Crippen LogP contribution in [0.5, 0.6) is 0 Å². The minimum atomic E-state index is 0.612. The molecule has 0 saturated carbocycles. The van der Waals surface area contributed by atoms with Crippen LogP contribution in [0.1, 0.15) is 0 Å². The Morgan fingerprint density at radius 2 is 1.08 bits per heavy atom. The number of rotatable bonds is 5. The second-order valence-electron chi connectivity index (χ2n) is 12.5. The van der Waals surface area contributed by atoms with Crippen molar-refractivity contribution in [2.24, 2.45) is 0 Å². The van der Waals surface area contributed by atoms with Gasteiger partial charge in [0.15, 0.2) is 11.4 Å². The number of para-hydroxylation sites is 3. The van der Waals surface area contributed by atoms with E-state index in [-0.39, 0.29) is 0 Å². The first kappa shape index (κ1) is 28.2. The van der Waals surface area contributed by atoms with Gasteiger partial charge < -0.3 is 8.98 Å². The molecule has 0 unspecified atom stereocenters. The molecule has 234 valence electrons. The predicted molar refractivity (Wildman–Crippen MR) is 203 cm³/mol. The summed E-state index contributed by atoms with van der Waals surface area (Å²) in [6.07, 6.45) is 0. The molecule has 10 aromatic rings. The molecule has 3 aromatic heterocycles. The molecule has 0 radical (unpaired) electrons. The molecule has 0 fully saturated rings. The van der Waals surface area contributed by atoms with Crippen molar-refractivity contribution in [1.29, 1.82) is 0 Å². The fourth-order valence-electron chi connectivity index (χ4n) is 6.98. The molecule has 3 heterocycles. The van der Waals surface area contributed by atoms with E-state index in [0.29, 0.717) is 11.7 Å². The maximum Gasteiger partial charge on any atom is 0.227 e. The number of benzene rings is 7. The van der Waals surface area contributed by atoms with Crippen LogP contribution in [-0.4, -0.2) is 19.5 Å². The molecule has 0 saturated heterocycles. The van der Waals surface area contributed by atoms with Gasteiger partial charge in [-0.15, -0.1) is 0 Å². The Labute approximate surface area is 287 Å². The topological polar surface area (TPSA) is 56.7 Å². The van der Waals surface area contributed by atoms with E-state index in [2.05, 4.69) is 114 Å². The quantitative estimate of drug-likeness (QED) is 0.188. The van der Waals surface area contributed by atoms with E-state index in [1.807, 2.05) is 60.7 Å². The summed E-state index contributed by atoms with van der Waals surface area (Å²) in [5.74, 6) is 1.30. The van der Waals surface area contributed by atoms with Crippen LogP contribution in [0.15, 0.2) is 174 Å². The zero-order valence-corrected chi connectivity index (χ0v) is 26.9. The molecular weight excluding hydrogens is 613 g/mol. The predicted octanol–water partition coefficient (Wildman–Crippen LogP) is 11.5. The van der Waals surface area contributed by atoms with Crippen molar-refractivity contribution in [3.63, 3.8) is 0 Å². The fraction of sp³-hybridized carbons (Fsp3) is 0.